The third-order valence-corrected chi connectivity index (χ3v) is 5.09. The smallest absolute Gasteiger partial charge is 0.329 e. The Morgan fingerprint density at radius 2 is 1.84 bits per heavy atom. The summed E-state index contributed by atoms with van der Waals surface area (Å²) in [5, 5.41) is 14.4. The predicted molar refractivity (Wildman–Crippen MR) is 120 cm³/mol. The second-order valence-corrected chi connectivity index (χ2v) is 7.14. The maximum absolute atomic E-state index is 12.6. The SMILES string of the molecule is C/C(=N/Nc1nc2c(c(=O)[nH]c(=O)n2C)n1CCc1ccccc1)c1ccccc1O. The van der Waals surface area contributed by atoms with Gasteiger partial charge in [0, 0.05) is 19.2 Å². The number of hydrogen-bond donors (Lipinski definition) is 3. The van der Waals surface area contributed by atoms with E-state index in [0.717, 1.165) is 5.56 Å². The number of hydrogen-bond acceptors (Lipinski definition) is 6. The number of phenolic OH excluding ortho intramolecular Hbond substituents is 1. The van der Waals surface area contributed by atoms with Crippen LogP contribution < -0.4 is 16.7 Å². The lowest BCUT2D eigenvalue weighted by Crippen LogP contribution is -2.29. The highest BCUT2D eigenvalue weighted by Gasteiger charge is 2.17. The fraction of sp³-hybridized carbons (Fsp3) is 0.182. The number of H-pyrrole nitrogens is 1. The monoisotopic (exact) mass is 418 g/mol. The number of fused-ring (bicyclic) bond motifs is 1. The lowest BCUT2D eigenvalue weighted by Gasteiger charge is -2.09. The molecule has 0 fully saturated rings. The fourth-order valence-corrected chi connectivity index (χ4v) is 3.40. The number of nitrogens with one attached hydrogen (secondary N) is 2. The second kappa shape index (κ2) is 8.31. The summed E-state index contributed by atoms with van der Waals surface area (Å²) >= 11 is 0. The van der Waals surface area contributed by atoms with Crippen LogP contribution in [0.2, 0.25) is 0 Å². The van der Waals surface area contributed by atoms with E-state index in [4.69, 9.17) is 0 Å². The molecule has 0 amide bonds. The molecule has 31 heavy (non-hydrogen) atoms. The summed E-state index contributed by atoms with van der Waals surface area (Å²) < 4.78 is 3.00. The number of hydrazone groups is 1. The zero-order valence-electron chi connectivity index (χ0n) is 17.2. The van der Waals surface area contributed by atoms with Gasteiger partial charge in [0.25, 0.3) is 5.56 Å². The van der Waals surface area contributed by atoms with Gasteiger partial charge < -0.3 is 9.67 Å². The molecule has 0 aliphatic rings. The van der Waals surface area contributed by atoms with Gasteiger partial charge in [-0.05, 0) is 31.0 Å². The largest absolute Gasteiger partial charge is 0.507 e. The third kappa shape index (κ3) is 3.97. The molecule has 4 rings (SSSR count). The van der Waals surface area contributed by atoms with Crippen LogP contribution in [0.5, 0.6) is 5.75 Å². The van der Waals surface area contributed by atoms with Gasteiger partial charge in [-0.1, -0.05) is 42.5 Å². The topological polar surface area (TPSA) is 117 Å². The Labute approximate surface area is 177 Å². The fourth-order valence-electron chi connectivity index (χ4n) is 3.40. The van der Waals surface area contributed by atoms with Crippen LogP contribution in [0.15, 0.2) is 69.3 Å². The van der Waals surface area contributed by atoms with Gasteiger partial charge in [-0.3, -0.25) is 14.3 Å². The van der Waals surface area contributed by atoms with Crippen LogP contribution >= 0.6 is 0 Å². The van der Waals surface area contributed by atoms with Crippen molar-refractivity contribution in [1.29, 1.82) is 0 Å². The molecule has 0 spiro atoms. The molecule has 2 aromatic heterocycles. The van der Waals surface area contributed by atoms with Crippen LogP contribution in [-0.2, 0) is 20.0 Å². The average Bonchev–Trinajstić information content (AvgIpc) is 3.14. The van der Waals surface area contributed by atoms with Crippen LogP contribution in [0, 0.1) is 0 Å². The van der Waals surface area contributed by atoms with Crippen molar-refractivity contribution in [2.45, 2.75) is 19.9 Å². The first-order valence-corrected chi connectivity index (χ1v) is 9.78. The molecule has 9 nitrogen and oxygen atoms in total. The summed E-state index contributed by atoms with van der Waals surface area (Å²) in [5.74, 6) is 0.439. The molecular weight excluding hydrogens is 396 g/mol. The van der Waals surface area contributed by atoms with E-state index in [9.17, 15) is 14.7 Å². The number of aromatic hydroxyl groups is 1. The summed E-state index contributed by atoms with van der Waals surface area (Å²) in [5.41, 5.74) is 4.63. The molecular formula is C22H22N6O3. The van der Waals surface area contributed by atoms with E-state index >= 15 is 0 Å². The number of para-hydroxylation sites is 1. The van der Waals surface area contributed by atoms with Crippen LogP contribution in [0.1, 0.15) is 18.1 Å². The number of anilines is 1. The third-order valence-electron chi connectivity index (χ3n) is 5.09. The molecule has 3 N–H and O–H groups in total. The summed E-state index contributed by atoms with van der Waals surface area (Å²) in [6.45, 7) is 2.21. The van der Waals surface area contributed by atoms with Crippen molar-refractivity contribution in [3.05, 3.63) is 86.6 Å². The first-order chi connectivity index (χ1) is 15.0. The second-order valence-electron chi connectivity index (χ2n) is 7.14. The molecule has 4 aromatic rings. The number of aryl methyl sites for hydroxylation is 3. The number of imidazole rings is 1. The minimum absolute atomic E-state index is 0.113. The van der Waals surface area contributed by atoms with Crippen molar-refractivity contribution < 1.29 is 5.11 Å². The first-order valence-electron chi connectivity index (χ1n) is 9.78. The molecule has 0 unspecified atom stereocenters. The van der Waals surface area contributed by atoms with Gasteiger partial charge in [0.05, 0.1) is 5.71 Å². The van der Waals surface area contributed by atoms with E-state index < -0.39 is 11.2 Å². The summed E-state index contributed by atoms with van der Waals surface area (Å²) in [4.78, 5) is 31.4. The van der Waals surface area contributed by atoms with Crippen molar-refractivity contribution in [3.63, 3.8) is 0 Å². The van der Waals surface area contributed by atoms with Gasteiger partial charge in [-0.25, -0.2) is 10.2 Å². The van der Waals surface area contributed by atoms with Crippen LogP contribution in [-0.4, -0.2) is 29.9 Å². The Morgan fingerprint density at radius 1 is 1.13 bits per heavy atom. The lowest BCUT2D eigenvalue weighted by molar-refractivity contribution is 0.474. The first kappa shape index (κ1) is 20.1. The van der Waals surface area contributed by atoms with Gasteiger partial charge in [0.1, 0.15) is 5.75 Å². The van der Waals surface area contributed by atoms with Crippen LogP contribution in [0.25, 0.3) is 11.2 Å². The number of aromatic amines is 1. The molecule has 0 aliphatic heterocycles. The number of benzene rings is 2. The molecule has 2 heterocycles. The van der Waals surface area contributed by atoms with Crippen LogP contribution in [0.4, 0.5) is 5.95 Å². The summed E-state index contributed by atoms with van der Waals surface area (Å²) in [7, 11) is 1.55. The molecule has 9 heteroatoms. The molecule has 0 saturated heterocycles. The Hall–Kier alpha value is -4.14. The molecule has 158 valence electrons. The Kier molecular flexibility index (Phi) is 5.40. The van der Waals surface area contributed by atoms with E-state index in [0.29, 0.717) is 30.2 Å². The Morgan fingerprint density at radius 3 is 2.58 bits per heavy atom. The standard InChI is InChI=1S/C22H22N6O3/c1-14(16-10-6-7-11-17(16)29)25-26-21-23-19-18(20(30)24-22(31)27(19)2)28(21)13-12-15-8-4-3-5-9-15/h3-11,29H,12-13H2,1-2H3,(H,23,26)(H,24,30,31)/b25-14-. The zero-order chi connectivity index (χ0) is 22.0. The Balaban J connectivity index is 1.76. The van der Waals surface area contributed by atoms with Gasteiger partial charge in [0.2, 0.25) is 5.95 Å². The maximum Gasteiger partial charge on any atom is 0.329 e. The van der Waals surface area contributed by atoms with Crippen molar-refractivity contribution >= 4 is 22.8 Å². The predicted octanol–water partition coefficient (Wildman–Crippen LogP) is 2.21. The number of aromatic nitrogens is 4. The van der Waals surface area contributed by atoms with E-state index in [1.807, 2.05) is 30.3 Å². The van der Waals surface area contributed by atoms with Crippen molar-refractivity contribution in [2.75, 3.05) is 5.43 Å². The number of phenols is 1. The summed E-state index contributed by atoms with van der Waals surface area (Å²) in [6.07, 6.45) is 0.658. The maximum atomic E-state index is 12.6. The Bertz CT molecular complexity index is 1380. The molecule has 0 saturated carbocycles. The van der Waals surface area contributed by atoms with E-state index in [2.05, 4.69) is 20.5 Å². The van der Waals surface area contributed by atoms with E-state index in [1.54, 1.807) is 42.8 Å². The number of nitrogens with zero attached hydrogens (tertiary/aromatic N) is 4. The van der Waals surface area contributed by atoms with Gasteiger partial charge in [-0.15, -0.1) is 0 Å². The summed E-state index contributed by atoms with van der Waals surface area (Å²) in [6, 6.07) is 16.7. The molecule has 0 atom stereocenters. The highest BCUT2D eigenvalue weighted by atomic mass is 16.3. The highest BCUT2D eigenvalue weighted by Crippen LogP contribution is 2.19. The average molecular weight is 418 g/mol. The van der Waals surface area contributed by atoms with Gasteiger partial charge in [-0.2, -0.15) is 10.1 Å². The highest BCUT2D eigenvalue weighted by molar-refractivity contribution is 6.01. The minimum atomic E-state index is -0.536. The quantitative estimate of drug-likeness (QED) is 0.328. The molecule has 0 aliphatic carbocycles. The molecule has 0 radical (unpaired) electrons. The number of rotatable bonds is 6. The zero-order valence-corrected chi connectivity index (χ0v) is 17.2. The van der Waals surface area contributed by atoms with E-state index in [-0.39, 0.29) is 16.9 Å². The van der Waals surface area contributed by atoms with Crippen LogP contribution in [0.3, 0.4) is 0 Å². The molecule has 2 aromatic carbocycles. The normalized spacial score (nSPS) is 11.7. The van der Waals surface area contributed by atoms with Gasteiger partial charge >= 0.3 is 5.69 Å². The van der Waals surface area contributed by atoms with Gasteiger partial charge in [0.15, 0.2) is 11.2 Å². The van der Waals surface area contributed by atoms with Crippen molar-refractivity contribution in [2.24, 2.45) is 12.1 Å². The lowest BCUT2D eigenvalue weighted by atomic mass is 10.1. The van der Waals surface area contributed by atoms with E-state index in [1.165, 1.54) is 4.57 Å². The minimum Gasteiger partial charge on any atom is -0.507 e. The van der Waals surface area contributed by atoms with Crippen molar-refractivity contribution in [1.82, 2.24) is 19.1 Å². The molecule has 0 bridgehead atoms. The van der Waals surface area contributed by atoms with Crippen molar-refractivity contribution in [3.8, 4) is 5.75 Å².